The molecule has 0 fully saturated rings. The quantitative estimate of drug-likeness (QED) is 0.330. The number of amides is 1. The van der Waals surface area contributed by atoms with E-state index in [0.29, 0.717) is 24.2 Å². The molecule has 0 radical (unpaired) electrons. The molecular weight excluding hydrogens is 526 g/mol. The Morgan fingerprint density at radius 2 is 1.76 bits per heavy atom. The second-order valence-electron chi connectivity index (χ2n) is 8.82. The highest BCUT2D eigenvalue weighted by molar-refractivity contribution is 6.37. The first-order valence-corrected chi connectivity index (χ1v) is 12.3. The molecule has 1 aliphatic rings. The van der Waals surface area contributed by atoms with Gasteiger partial charge in [-0.1, -0.05) is 47.5 Å². The van der Waals surface area contributed by atoms with Gasteiger partial charge in [0.05, 0.1) is 21.5 Å². The molecule has 0 bridgehead atoms. The van der Waals surface area contributed by atoms with E-state index < -0.39 is 11.9 Å². The van der Waals surface area contributed by atoms with Crippen molar-refractivity contribution >= 4 is 34.7 Å². The Hall–Kier alpha value is -3.23. The molecule has 1 aliphatic carbocycles. The number of nitrogens with zero attached hydrogens (tertiary/aromatic N) is 2. The van der Waals surface area contributed by atoms with Crippen LogP contribution in [0, 0.1) is 0 Å². The van der Waals surface area contributed by atoms with E-state index in [1.54, 1.807) is 24.3 Å². The van der Waals surface area contributed by atoms with Gasteiger partial charge in [0.1, 0.15) is 12.3 Å². The van der Waals surface area contributed by atoms with Gasteiger partial charge in [-0.05, 0) is 67.8 Å². The fourth-order valence-corrected chi connectivity index (χ4v) is 4.43. The molecule has 1 heterocycles. The minimum atomic E-state index is -4.64. The zero-order valence-electron chi connectivity index (χ0n) is 20.1. The highest BCUT2D eigenvalue weighted by Gasteiger charge is 2.35. The standard InChI is InChI=1S/C27H24Cl2F3N3O2/c1-16(2)33-26(36)19-8-6-17(7-9-19)18-10-12-21(13-11-18)37-15-20-14-24(27(30,31)32)34-35(20)25-22(28)4-3-5-23(25)29/h3-10,12,14,16H,11,13,15H2,1-2H3,(H,33,36). The zero-order chi connectivity index (χ0) is 26.7. The van der Waals surface area contributed by atoms with Crippen LogP contribution < -0.4 is 5.32 Å². The highest BCUT2D eigenvalue weighted by atomic mass is 35.5. The first-order valence-electron chi connectivity index (χ1n) is 11.6. The first-order chi connectivity index (χ1) is 17.5. The molecule has 4 rings (SSSR count). The number of carbonyl (C=O) groups excluding carboxylic acids is 1. The monoisotopic (exact) mass is 549 g/mol. The summed E-state index contributed by atoms with van der Waals surface area (Å²) in [6, 6.07) is 13.0. The minimum Gasteiger partial charge on any atom is -0.492 e. The Morgan fingerprint density at radius 3 is 2.32 bits per heavy atom. The Morgan fingerprint density at radius 1 is 1.08 bits per heavy atom. The van der Waals surface area contributed by atoms with Crippen molar-refractivity contribution in [2.75, 3.05) is 0 Å². The summed E-state index contributed by atoms with van der Waals surface area (Å²) in [7, 11) is 0. The van der Waals surface area contributed by atoms with Crippen LogP contribution in [0.2, 0.25) is 10.0 Å². The average Bonchev–Trinajstić information content (AvgIpc) is 3.27. The summed E-state index contributed by atoms with van der Waals surface area (Å²) in [6.07, 6.45) is 0.305. The first kappa shape index (κ1) is 26.8. The van der Waals surface area contributed by atoms with Gasteiger partial charge in [0, 0.05) is 18.0 Å². The number of aromatic nitrogens is 2. The molecule has 5 nitrogen and oxygen atoms in total. The number of allylic oxidation sites excluding steroid dienone is 4. The van der Waals surface area contributed by atoms with Crippen molar-refractivity contribution in [1.82, 2.24) is 15.1 Å². The number of alkyl halides is 3. The molecule has 3 aromatic rings. The normalized spacial score (nSPS) is 13.8. The Bertz CT molecular complexity index is 1340. The Kier molecular flexibility index (Phi) is 7.99. The highest BCUT2D eigenvalue weighted by Crippen LogP contribution is 2.34. The molecule has 0 saturated heterocycles. The van der Waals surface area contributed by atoms with Crippen LogP contribution in [-0.2, 0) is 17.5 Å². The van der Waals surface area contributed by atoms with Crippen molar-refractivity contribution in [3.8, 4) is 5.69 Å². The molecule has 1 aromatic heterocycles. The maximum atomic E-state index is 13.4. The van der Waals surface area contributed by atoms with E-state index in [0.717, 1.165) is 21.9 Å². The van der Waals surface area contributed by atoms with Crippen molar-refractivity contribution < 1.29 is 22.7 Å². The van der Waals surface area contributed by atoms with Gasteiger partial charge < -0.3 is 10.1 Å². The predicted octanol–water partition coefficient (Wildman–Crippen LogP) is 7.61. The van der Waals surface area contributed by atoms with Crippen LogP contribution in [0.5, 0.6) is 0 Å². The van der Waals surface area contributed by atoms with Crippen LogP contribution in [0.25, 0.3) is 11.3 Å². The number of para-hydroxylation sites is 1. The molecule has 194 valence electrons. The summed E-state index contributed by atoms with van der Waals surface area (Å²) >= 11 is 12.4. The minimum absolute atomic E-state index is 0.0529. The van der Waals surface area contributed by atoms with E-state index in [2.05, 4.69) is 10.4 Å². The number of rotatable bonds is 7. The second-order valence-corrected chi connectivity index (χ2v) is 9.63. The molecule has 37 heavy (non-hydrogen) atoms. The molecule has 0 unspecified atom stereocenters. The van der Waals surface area contributed by atoms with Crippen molar-refractivity contribution in [3.63, 3.8) is 0 Å². The maximum absolute atomic E-state index is 13.4. The number of halogens is 5. The van der Waals surface area contributed by atoms with E-state index in [-0.39, 0.29) is 40.0 Å². The van der Waals surface area contributed by atoms with Crippen molar-refractivity contribution in [2.45, 2.75) is 45.5 Å². The molecular formula is C27H24Cl2F3N3O2. The van der Waals surface area contributed by atoms with E-state index in [9.17, 15) is 18.0 Å². The fourth-order valence-electron chi connectivity index (χ4n) is 3.87. The number of hydrogen-bond donors (Lipinski definition) is 1. The predicted molar refractivity (Wildman–Crippen MR) is 138 cm³/mol. The van der Waals surface area contributed by atoms with Crippen LogP contribution in [0.4, 0.5) is 13.2 Å². The summed E-state index contributed by atoms with van der Waals surface area (Å²) in [6.45, 7) is 3.65. The summed E-state index contributed by atoms with van der Waals surface area (Å²) in [4.78, 5) is 12.1. The van der Waals surface area contributed by atoms with Crippen LogP contribution in [-0.4, -0.2) is 21.7 Å². The lowest BCUT2D eigenvalue weighted by Gasteiger charge is -2.17. The zero-order valence-corrected chi connectivity index (χ0v) is 21.6. The van der Waals surface area contributed by atoms with Gasteiger partial charge >= 0.3 is 6.18 Å². The van der Waals surface area contributed by atoms with Gasteiger partial charge in [-0.25, -0.2) is 4.68 Å². The largest absolute Gasteiger partial charge is 0.492 e. The third-order valence-electron chi connectivity index (χ3n) is 5.68. The lowest BCUT2D eigenvalue weighted by molar-refractivity contribution is -0.141. The fraction of sp³-hybridized carbons (Fsp3) is 0.259. The third-order valence-corrected chi connectivity index (χ3v) is 6.29. The summed E-state index contributed by atoms with van der Waals surface area (Å²) in [5, 5.41) is 6.90. The van der Waals surface area contributed by atoms with Crippen LogP contribution in [0.1, 0.15) is 54.0 Å². The lowest BCUT2D eigenvalue weighted by atomic mass is 9.95. The molecule has 0 atom stereocenters. The molecule has 1 N–H and O–H groups in total. The van der Waals surface area contributed by atoms with Crippen molar-refractivity contribution in [1.29, 1.82) is 0 Å². The van der Waals surface area contributed by atoms with Gasteiger partial charge in [0.2, 0.25) is 0 Å². The molecule has 0 saturated carbocycles. The van der Waals surface area contributed by atoms with E-state index in [4.69, 9.17) is 27.9 Å². The van der Waals surface area contributed by atoms with Gasteiger partial charge in [-0.2, -0.15) is 18.3 Å². The number of nitrogens with one attached hydrogen (secondary N) is 1. The van der Waals surface area contributed by atoms with E-state index in [1.165, 1.54) is 12.1 Å². The summed E-state index contributed by atoms with van der Waals surface area (Å²) < 4.78 is 47.1. The number of ether oxygens (including phenoxy) is 1. The number of benzene rings is 2. The van der Waals surface area contributed by atoms with Gasteiger partial charge in [-0.15, -0.1) is 0 Å². The number of carbonyl (C=O) groups is 1. The SMILES string of the molecule is CC(C)NC(=O)c1ccc(C2=CC=C(OCc3cc(C(F)(F)F)nn3-c3c(Cl)cccc3Cl)CC2)cc1. The Labute approximate surface area is 222 Å². The van der Waals surface area contributed by atoms with E-state index >= 15 is 0 Å². The van der Waals surface area contributed by atoms with Crippen LogP contribution >= 0.6 is 23.2 Å². The number of hydrogen-bond acceptors (Lipinski definition) is 3. The Balaban J connectivity index is 1.50. The van der Waals surface area contributed by atoms with Gasteiger partial charge in [0.25, 0.3) is 5.91 Å². The van der Waals surface area contributed by atoms with Crippen LogP contribution in [0.15, 0.2) is 66.4 Å². The van der Waals surface area contributed by atoms with Crippen LogP contribution in [0.3, 0.4) is 0 Å². The average molecular weight is 550 g/mol. The molecule has 0 aliphatic heterocycles. The smallest absolute Gasteiger partial charge is 0.435 e. The van der Waals surface area contributed by atoms with E-state index in [1.807, 2.05) is 32.1 Å². The molecule has 2 aromatic carbocycles. The topological polar surface area (TPSA) is 56.1 Å². The lowest BCUT2D eigenvalue weighted by Crippen LogP contribution is -2.29. The third kappa shape index (κ3) is 6.37. The summed E-state index contributed by atoms with van der Waals surface area (Å²) in [5.74, 6) is 0.504. The second kappa shape index (κ2) is 11.0. The van der Waals surface area contributed by atoms with Crippen molar-refractivity contribution in [3.05, 3.63) is 99.0 Å². The molecule has 1 amide bonds. The van der Waals surface area contributed by atoms with Gasteiger partial charge in [-0.3, -0.25) is 4.79 Å². The van der Waals surface area contributed by atoms with Gasteiger partial charge in [0.15, 0.2) is 5.69 Å². The molecule has 10 heteroatoms. The maximum Gasteiger partial charge on any atom is 0.435 e. The summed E-state index contributed by atoms with van der Waals surface area (Å²) in [5.41, 5.74) is 1.89. The van der Waals surface area contributed by atoms with Crippen molar-refractivity contribution in [2.24, 2.45) is 0 Å². The molecule has 0 spiro atoms.